The number of nitrogens with zero attached hydrogens (tertiary/aromatic N) is 2. The summed E-state index contributed by atoms with van der Waals surface area (Å²) in [4.78, 5) is 0.228. The van der Waals surface area contributed by atoms with Gasteiger partial charge in [-0.15, -0.1) is 0 Å². The molecule has 7 heteroatoms. The first-order valence-corrected chi connectivity index (χ1v) is 8.22. The van der Waals surface area contributed by atoms with E-state index in [-0.39, 0.29) is 11.4 Å². The van der Waals surface area contributed by atoms with Crippen LogP contribution in [-0.4, -0.2) is 29.6 Å². The normalized spacial score (nSPS) is 13.4. The third kappa shape index (κ3) is 3.20. The molecule has 1 aromatic carbocycles. The first-order valence-electron chi connectivity index (χ1n) is 5.95. The molecule has 0 saturated carbocycles. The van der Waals surface area contributed by atoms with Gasteiger partial charge in [-0.1, -0.05) is 23.7 Å². The van der Waals surface area contributed by atoms with Crippen molar-refractivity contribution in [3.8, 4) is 0 Å². The van der Waals surface area contributed by atoms with E-state index < -0.39 is 15.9 Å². The first kappa shape index (κ1) is 15.0. The van der Waals surface area contributed by atoms with Gasteiger partial charge in [-0.05, 0) is 24.6 Å². The lowest BCUT2D eigenvalue weighted by Crippen LogP contribution is -2.11. The highest BCUT2D eigenvalue weighted by Crippen LogP contribution is 2.20. The number of benzene rings is 1. The second-order valence-electron chi connectivity index (χ2n) is 4.62. The summed E-state index contributed by atoms with van der Waals surface area (Å²) in [5.74, 6) is 0. The third-order valence-corrected chi connectivity index (χ3v) is 4.58. The molecule has 0 amide bonds. The van der Waals surface area contributed by atoms with Gasteiger partial charge in [0.25, 0.3) is 0 Å². The predicted octanol–water partition coefficient (Wildman–Crippen LogP) is 1.98. The number of hydrogen-bond acceptors (Lipinski definition) is 4. The highest BCUT2D eigenvalue weighted by Gasteiger charge is 2.13. The molecule has 0 bridgehead atoms. The van der Waals surface area contributed by atoms with Gasteiger partial charge >= 0.3 is 0 Å². The van der Waals surface area contributed by atoms with Crippen molar-refractivity contribution in [2.75, 3.05) is 6.26 Å². The molecule has 0 aliphatic carbocycles. The molecule has 0 saturated heterocycles. The average Bonchev–Trinajstić information content (AvgIpc) is 2.70. The van der Waals surface area contributed by atoms with Crippen molar-refractivity contribution in [3.63, 3.8) is 0 Å². The lowest BCUT2D eigenvalue weighted by atomic mass is 10.1. The molecule has 1 heterocycles. The standard InChI is InChI=1S/C13H15ClN2O3S/c1-9-12(14)7-15-16(9)8-13(17)10-3-5-11(6-4-10)20(2,18)19/h3-7,13,17H,8H2,1-2H3. The second-order valence-corrected chi connectivity index (χ2v) is 7.04. The Hall–Kier alpha value is -1.37. The quantitative estimate of drug-likeness (QED) is 0.936. The van der Waals surface area contributed by atoms with Crippen LogP contribution in [0.4, 0.5) is 0 Å². The number of rotatable bonds is 4. The molecule has 0 radical (unpaired) electrons. The second kappa shape index (κ2) is 5.55. The molecule has 0 aliphatic rings. The Morgan fingerprint density at radius 1 is 1.35 bits per heavy atom. The van der Waals surface area contributed by atoms with Crippen LogP contribution in [0.5, 0.6) is 0 Å². The largest absolute Gasteiger partial charge is 0.386 e. The summed E-state index contributed by atoms with van der Waals surface area (Å²) < 4.78 is 24.3. The number of aliphatic hydroxyl groups is 1. The molecule has 5 nitrogen and oxygen atoms in total. The van der Waals surface area contributed by atoms with E-state index in [1.54, 1.807) is 16.8 Å². The van der Waals surface area contributed by atoms with Crippen LogP contribution >= 0.6 is 11.6 Å². The fraction of sp³-hybridized carbons (Fsp3) is 0.308. The van der Waals surface area contributed by atoms with Crippen LogP contribution in [0.3, 0.4) is 0 Å². The summed E-state index contributed by atoms with van der Waals surface area (Å²) in [6.45, 7) is 2.07. The molecule has 0 spiro atoms. The summed E-state index contributed by atoms with van der Waals surface area (Å²) >= 11 is 5.90. The zero-order valence-electron chi connectivity index (χ0n) is 11.1. The zero-order valence-corrected chi connectivity index (χ0v) is 12.7. The van der Waals surface area contributed by atoms with Crippen LogP contribution in [0.1, 0.15) is 17.4 Å². The molecular formula is C13H15ClN2O3S. The maximum Gasteiger partial charge on any atom is 0.175 e. The van der Waals surface area contributed by atoms with Crippen LogP contribution in [0.25, 0.3) is 0 Å². The average molecular weight is 315 g/mol. The van der Waals surface area contributed by atoms with Crippen molar-refractivity contribution in [2.24, 2.45) is 0 Å². The Kier molecular flexibility index (Phi) is 4.17. The molecule has 0 aliphatic heterocycles. The summed E-state index contributed by atoms with van der Waals surface area (Å²) in [7, 11) is -3.22. The van der Waals surface area contributed by atoms with Crippen molar-refractivity contribution in [3.05, 3.63) is 46.7 Å². The summed E-state index contributed by atoms with van der Waals surface area (Å²) in [6, 6.07) is 6.16. The maximum absolute atomic E-state index is 11.4. The lowest BCUT2D eigenvalue weighted by Gasteiger charge is -2.13. The Morgan fingerprint density at radius 2 is 1.95 bits per heavy atom. The van der Waals surface area contributed by atoms with E-state index in [2.05, 4.69) is 5.10 Å². The summed E-state index contributed by atoms with van der Waals surface area (Å²) in [6.07, 6.45) is 1.89. The Morgan fingerprint density at radius 3 is 2.40 bits per heavy atom. The number of hydrogen-bond donors (Lipinski definition) is 1. The van der Waals surface area contributed by atoms with Gasteiger partial charge in [-0.2, -0.15) is 5.10 Å². The van der Waals surface area contributed by atoms with Crippen molar-refractivity contribution < 1.29 is 13.5 Å². The minimum Gasteiger partial charge on any atom is -0.386 e. The molecule has 1 unspecified atom stereocenters. The molecule has 2 aromatic rings. The smallest absolute Gasteiger partial charge is 0.175 e. The summed E-state index contributed by atoms with van der Waals surface area (Å²) in [5, 5.41) is 14.8. The van der Waals surface area contributed by atoms with Crippen LogP contribution < -0.4 is 0 Å². The first-order chi connectivity index (χ1) is 9.29. The van der Waals surface area contributed by atoms with E-state index in [4.69, 9.17) is 11.6 Å². The van der Waals surface area contributed by atoms with Crippen molar-refractivity contribution >= 4 is 21.4 Å². The molecule has 1 aromatic heterocycles. The number of aromatic nitrogens is 2. The molecule has 20 heavy (non-hydrogen) atoms. The Balaban J connectivity index is 2.18. The minimum absolute atomic E-state index is 0.228. The third-order valence-electron chi connectivity index (χ3n) is 3.08. The molecule has 1 N–H and O–H groups in total. The fourth-order valence-corrected chi connectivity index (χ4v) is 2.59. The van der Waals surface area contributed by atoms with Crippen LogP contribution in [-0.2, 0) is 16.4 Å². The van der Waals surface area contributed by atoms with E-state index in [1.807, 2.05) is 6.92 Å². The number of sulfone groups is 1. The zero-order chi connectivity index (χ0) is 14.9. The van der Waals surface area contributed by atoms with Crippen LogP contribution in [0, 0.1) is 6.92 Å². The van der Waals surface area contributed by atoms with Gasteiger partial charge < -0.3 is 5.11 Å². The van der Waals surface area contributed by atoms with Crippen molar-refractivity contribution in [1.82, 2.24) is 9.78 Å². The molecule has 108 valence electrons. The van der Waals surface area contributed by atoms with Gasteiger partial charge in [-0.25, -0.2) is 8.42 Å². The lowest BCUT2D eigenvalue weighted by molar-refractivity contribution is 0.150. The minimum atomic E-state index is -3.22. The van der Waals surface area contributed by atoms with E-state index in [0.717, 1.165) is 11.9 Å². The number of halogens is 1. The highest BCUT2D eigenvalue weighted by molar-refractivity contribution is 7.90. The van der Waals surface area contributed by atoms with Gasteiger partial charge in [0, 0.05) is 6.26 Å². The molecule has 2 rings (SSSR count). The SMILES string of the molecule is Cc1c(Cl)cnn1CC(O)c1ccc(S(C)(=O)=O)cc1. The van der Waals surface area contributed by atoms with Crippen molar-refractivity contribution in [1.29, 1.82) is 0 Å². The van der Waals surface area contributed by atoms with E-state index >= 15 is 0 Å². The van der Waals surface area contributed by atoms with Crippen LogP contribution in [0.2, 0.25) is 5.02 Å². The molecule has 0 fully saturated rings. The topological polar surface area (TPSA) is 72.2 Å². The maximum atomic E-state index is 11.4. The van der Waals surface area contributed by atoms with Gasteiger partial charge in [-0.3, -0.25) is 4.68 Å². The van der Waals surface area contributed by atoms with Gasteiger partial charge in [0.05, 0.1) is 34.5 Å². The Labute approximate surface area is 122 Å². The fourth-order valence-electron chi connectivity index (χ4n) is 1.81. The van der Waals surface area contributed by atoms with E-state index in [1.165, 1.54) is 18.3 Å². The van der Waals surface area contributed by atoms with E-state index in [9.17, 15) is 13.5 Å². The molecular weight excluding hydrogens is 300 g/mol. The van der Waals surface area contributed by atoms with E-state index in [0.29, 0.717) is 10.6 Å². The molecule has 1 atom stereocenters. The monoisotopic (exact) mass is 314 g/mol. The predicted molar refractivity (Wildman–Crippen MR) is 76.5 cm³/mol. The Bertz CT molecular complexity index is 708. The van der Waals surface area contributed by atoms with Gasteiger partial charge in [0.2, 0.25) is 0 Å². The van der Waals surface area contributed by atoms with Gasteiger partial charge in [0.15, 0.2) is 9.84 Å². The highest BCUT2D eigenvalue weighted by atomic mass is 35.5. The van der Waals surface area contributed by atoms with Crippen molar-refractivity contribution in [2.45, 2.75) is 24.5 Å². The van der Waals surface area contributed by atoms with Gasteiger partial charge in [0.1, 0.15) is 0 Å². The number of aliphatic hydroxyl groups excluding tert-OH is 1. The summed E-state index contributed by atoms with van der Waals surface area (Å²) in [5.41, 5.74) is 1.40. The van der Waals surface area contributed by atoms with Crippen LogP contribution in [0.15, 0.2) is 35.4 Å².